The summed E-state index contributed by atoms with van der Waals surface area (Å²) in [6.45, 7) is 0.0976. The van der Waals surface area contributed by atoms with Crippen LogP contribution in [0.4, 0.5) is 0 Å². The molecular formula is C10H12O5. The van der Waals surface area contributed by atoms with Crippen molar-refractivity contribution < 1.29 is 24.9 Å². The van der Waals surface area contributed by atoms with Crippen molar-refractivity contribution in [3.8, 4) is 5.75 Å². The maximum Gasteiger partial charge on any atom is 0.337 e. The Hall–Kier alpha value is -1.59. The van der Waals surface area contributed by atoms with Gasteiger partial charge in [-0.2, -0.15) is 0 Å². The van der Waals surface area contributed by atoms with E-state index in [1.54, 1.807) is 0 Å². The quantitative estimate of drug-likeness (QED) is 0.648. The minimum atomic E-state index is -1.52. The highest BCUT2D eigenvalue weighted by atomic mass is 16.5. The van der Waals surface area contributed by atoms with Crippen molar-refractivity contribution in [3.05, 3.63) is 29.8 Å². The normalized spacial score (nSPS) is 12.1. The molecule has 5 nitrogen and oxygen atoms in total. The number of aliphatic hydroxyl groups is 2. The zero-order valence-electron chi connectivity index (χ0n) is 7.96. The van der Waals surface area contributed by atoms with Crippen molar-refractivity contribution in [2.45, 2.75) is 6.10 Å². The van der Waals surface area contributed by atoms with Gasteiger partial charge in [-0.3, -0.25) is 0 Å². The molecule has 0 spiro atoms. The van der Waals surface area contributed by atoms with E-state index < -0.39 is 12.1 Å². The van der Waals surface area contributed by atoms with Gasteiger partial charge in [0.1, 0.15) is 12.4 Å². The molecule has 3 N–H and O–H groups in total. The number of benzene rings is 1. The highest BCUT2D eigenvalue weighted by Gasteiger charge is 2.15. The first-order chi connectivity index (χ1) is 7.15. The van der Waals surface area contributed by atoms with E-state index in [-0.39, 0.29) is 13.2 Å². The molecule has 0 saturated heterocycles. The first-order valence-corrected chi connectivity index (χ1v) is 4.39. The van der Waals surface area contributed by atoms with E-state index >= 15 is 0 Å². The predicted molar refractivity (Wildman–Crippen MR) is 51.6 cm³/mol. The Morgan fingerprint density at radius 3 is 2.40 bits per heavy atom. The van der Waals surface area contributed by atoms with Gasteiger partial charge in [-0.25, -0.2) is 4.79 Å². The van der Waals surface area contributed by atoms with Gasteiger partial charge in [0, 0.05) is 0 Å². The zero-order chi connectivity index (χ0) is 11.3. The van der Waals surface area contributed by atoms with Gasteiger partial charge in [-0.1, -0.05) is 12.1 Å². The number of hydrogen-bond donors (Lipinski definition) is 3. The van der Waals surface area contributed by atoms with Crippen LogP contribution in [0.1, 0.15) is 11.7 Å². The average Bonchev–Trinajstić information content (AvgIpc) is 2.26. The summed E-state index contributed by atoms with van der Waals surface area (Å²) in [6.07, 6.45) is -1.52. The van der Waals surface area contributed by atoms with Crippen LogP contribution in [0, 0.1) is 0 Å². The predicted octanol–water partition coefficient (Wildman–Crippen LogP) is 0.176. The van der Waals surface area contributed by atoms with Crippen LogP contribution < -0.4 is 4.74 Å². The summed E-state index contributed by atoms with van der Waals surface area (Å²) in [7, 11) is 0. The number of carboxylic acids is 1. The van der Waals surface area contributed by atoms with Crippen LogP contribution >= 0.6 is 0 Å². The average molecular weight is 212 g/mol. The molecule has 0 saturated carbocycles. The molecule has 15 heavy (non-hydrogen) atoms. The Balaban J connectivity index is 2.67. The first-order valence-electron chi connectivity index (χ1n) is 4.39. The standard InChI is InChI=1S/C10H12O5/c11-5-6-15-8-3-1-7(2-4-8)9(12)10(13)14/h1-4,9,11-12H,5-6H2,(H,13,14). The maximum absolute atomic E-state index is 10.4. The van der Waals surface area contributed by atoms with Gasteiger partial charge in [0.15, 0.2) is 6.10 Å². The van der Waals surface area contributed by atoms with Gasteiger partial charge in [-0.05, 0) is 17.7 Å². The molecule has 1 atom stereocenters. The topological polar surface area (TPSA) is 87.0 Å². The summed E-state index contributed by atoms with van der Waals surface area (Å²) in [5.74, 6) is -0.774. The van der Waals surface area contributed by atoms with Crippen molar-refractivity contribution in [1.29, 1.82) is 0 Å². The molecule has 0 aliphatic rings. The smallest absolute Gasteiger partial charge is 0.337 e. The van der Waals surface area contributed by atoms with E-state index in [0.29, 0.717) is 11.3 Å². The zero-order valence-corrected chi connectivity index (χ0v) is 7.96. The second-order valence-electron chi connectivity index (χ2n) is 2.88. The van der Waals surface area contributed by atoms with Gasteiger partial charge >= 0.3 is 5.97 Å². The van der Waals surface area contributed by atoms with E-state index in [4.69, 9.17) is 14.9 Å². The third-order valence-corrected chi connectivity index (χ3v) is 1.79. The van der Waals surface area contributed by atoms with Gasteiger partial charge in [0.05, 0.1) is 6.61 Å². The maximum atomic E-state index is 10.4. The van der Waals surface area contributed by atoms with E-state index in [1.807, 2.05) is 0 Å². The van der Waals surface area contributed by atoms with Crippen molar-refractivity contribution in [3.63, 3.8) is 0 Å². The molecule has 0 bridgehead atoms. The van der Waals surface area contributed by atoms with Gasteiger partial charge in [0.2, 0.25) is 0 Å². The summed E-state index contributed by atoms with van der Waals surface area (Å²) < 4.78 is 5.07. The lowest BCUT2D eigenvalue weighted by Gasteiger charge is -2.07. The molecule has 1 aromatic carbocycles. The van der Waals surface area contributed by atoms with Crippen molar-refractivity contribution >= 4 is 5.97 Å². The molecule has 5 heteroatoms. The SMILES string of the molecule is O=C(O)C(O)c1ccc(OCCO)cc1. The molecule has 1 rings (SSSR count). The number of aliphatic hydroxyl groups excluding tert-OH is 2. The van der Waals surface area contributed by atoms with Crippen LogP contribution in [0.25, 0.3) is 0 Å². The number of aliphatic carboxylic acids is 1. The summed E-state index contributed by atoms with van der Waals surface area (Å²) in [4.78, 5) is 10.4. The Morgan fingerprint density at radius 2 is 1.93 bits per heavy atom. The Kier molecular flexibility index (Phi) is 4.08. The van der Waals surface area contributed by atoms with E-state index in [9.17, 15) is 9.90 Å². The van der Waals surface area contributed by atoms with Gasteiger partial charge in [0.25, 0.3) is 0 Å². The second kappa shape index (κ2) is 5.33. The number of carbonyl (C=O) groups is 1. The van der Waals surface area contributed by atoms with Crippen molar-refractivity contribution in [1.82, 2.24) is 0 Å². The minimum Gasteiger partial charge on any atom is -0.491 e. The van der Waals surface area contributed by atoms with Crippen molar-refractivity contribution in [2.24, 2.45) is 0 Å². The van der Waals surface area contributed by atoms with Crippen LogP contribution in [0.2, 0.25) is 0 Å². The molecule has 1 aromatic rings. The summed E-state index contributed by atoms with van der Waals surface area (Å²) in [6, 6.07) is 6.01. The second-order valence-corrected chi connectivity index (χ2v) is 2.88. The highest BCUT2D eigenvalue weighted by molar-refractivity contribution is 5.74. The summed E-state index contributed by atoms with van der Waals surface area (Å²) in [5, 5.41) is 26.2. The van der Waals surface area contributed by atoms with Crippen LogP contribution in [-0.2, 0) is 4.79 Å². The number of ether oxygens (including phenoxy) is 1. The van der Waals surface area contributed by atoms with Crippen LogP contribution in [-0.4, -0.2) is 34.5 Å². The molecule has 82 valence electrons. The number of hydrogen-bond acceptors (Lipinski definition) is 4. The third-order valence-electron chi connectivity index (χ3n) is 1.79. The minimum absolute atomic E-state index is 0.0838. The van der Waals surface area contributed by atoms with Crippen molar-refractivity contribution in [2.75, 3.05) is 13.2 Å². The fraction of sp³-hybridized carbons (Fsp3) is 0.300. The molecule has 0 amide bonds. The van der Waals surface area contributed by atoms with E-state index in [2.05, 4.69) is 0 Å². The Labute approximate surface area is 86.5 Å². The Morgan fingerprint density at radius 1 is 1.33 bits per heavy atom. The fourth-order valence-corrected chi connectivity index (χ4v) is 1.05. The molecule has 0 aliphatic carbocycles. The molecule has 0 radical (unpaired) electrons. The molecular weight excluding hydrogens is 200 g/mol. The molecule has 0 heterocycles. The first kappa shape index (κ1) is 11.5. The molecule has 1 unspecified atom stereocenters. The van der Waals surface area contributed by atoms with E-state index in [1.165, 1.54) is 24.3 Å². The Bertz CT molecular complexity index is 319. The summed E-state index contributed by atoms with van der Waals surface area (Å²) >= 11 is 0. The van der Waals surface area contributed by atoms with Gasteiger partial charge in [-0.15, -0.1) is 0 Å². The molecule has 0 aliphatic heterocycles. The lowest BCUT2D eigenvalue weighted by atomic mass is 10.1. The van der Waals surface area contributed by atoms with Gasteiger partial charge < -0.3 is 20.1 Å². The number of rotatable bonds is 5. The number of carboxylic acid groups (broad SMARTS) is 1. The third kappa shape index (κ3) is 3.23. The van der Waals surface area contributed by atoms with E-state index in [0.717, 1.165) is 0 Å². The highest BCUT2D eigenvalue weighted by Crippen LogP contribution is 2.17. The largest absolute Gasteiger partial charge is 0.491 e. The van der Waals surface area contributed by atoms with Crippen LogP contribution in [0.5, 0.6) is 5.75 Å². The fourth-order valence-electron chi connectivity index (χ4n) is 1.05. The lowest BCUT2D eigenvalue weighted by Crippen LogP contribution is -2.10. The van der Waals surface area contributed by atoms with Crippen LogP contribution in [0.15, 0.2) is 24.3 Å². The molecule has 0 fully saturated rings. The monoisotopic (exact) mass is 212 g/mol. The lowest BCUT2D eigenvalue weighted by molar-refractivity contribution is -0.146. The molecule has 0 aromatic heterocycles. The summed E-state index contributed by atoms with van der Waals surface area (Å²) in [5.41, 5.74) is 0.291. The van der Waals surface area contributed by atoms with Crippen LogP contribution in [0.3, 0.4) is 0 Å².